The van der Waals surface area contributed by atoms with Crippen molar-refractivity contribution >= 4 is 47.5 Å². The predicted molar refractivity (Wildman–Crippen MR) is 142 cm³/mol. The lowest BCUT2D eigenvalue weighted by Gasteiger charge is -2.24. The minimum absolute atomic E-state index is 0. The molecule has 1 amide bonds. The highest BCUT2D eigenvalue weighted by Gasteiger charge is 2.26. The number of amides is 1. The van der Waals surface area contributed by atoms with E-state index in [4.69, 9.17) is 21.1 Å². The highest BCUT2D eigenvalue weighted by molar-refractivity contribution is 6.30. The molecule has 1 aliphatic heterocycles. The fourth-order valence-electron chi connectivity index (χ4n) is 3.88. The van der Waals surface area contributed by atoms with Gasteiger partial charge in [0.1, 0.15) is 6.04 Å². The summed E-state index contributed by atoms with van der Waals surface area (Å²) in [7, 11) is 3.06. The number of ether oxygens (including phenoxy) is 2. The van der Waals surface area contributed by atoms with Gasteiger partial charge in [-0.25, -0.2) is 4.68 Å². The summed E-state index contributed by atoms with van der Waals surface area (Å²) in [6, 6.07) is 22.2. The fourth-order valence-corrected chi connectivity index (χ4v) is 4.01. The van der Waals surface area contributed by atoms with E-state index in [0.29, 0.717) is 28.0 Å². The van der Waals surface area contributed by atoms with Crippen LogP contribution in [0.2, 0.25) is 5.02 Å². The number of carbonyl (C=O) groups excluding carboxylic acids is 1. The number of hydrogen-bond donors (Lipinski definition) is 2. The van der Waals surface area contributed by atoms with Gasteiger partial charge in [0.05, 0.1) is 14.2 Å². The number of hydrogen-bond acceptors (Lipinski definition) is 6. The second-order valence-corrected chi connectivity index (χ2v) is 8.23. The number of benzene rings is 3. The Labute approximate surface area is 219 Å². The van der Waals surface area contributed by atoms with Gasteiger partial charge in [-0.05, 0) is 47.5 Å². The summed E-state index contributed by atoms with van der Waals surface area (Å²) in [5.74, 6) is 1.31. The Morgan fingerprint density at radius 2 is 1.72 bits per heavy atom. The average Bonchev–Trinajstić information content (AvgIpc) is 3.31. The Bertz CT molecular complexity index is 1410. The molecule has 36 heavy (non-hydrogen) atoms. The minimum Gasteiger partial charge on any atom is -0.493 e. The van der Waals surface area contributed by atoms with E-state index in [-0.39, 0.29) is 30.3 Å². The Balaban J connectivity index is 0.00000304. The number of anilines is 2. The largest absolute Gasteiger partial charge is 0.493 e. The third kappa shape index (κ3) is 5.00. The maximum atomic E-state index is 12.9. The highest BCUT2D eigenvalue weighted by atomic mass is 35.5. The molecule has 2 N–H and O–H groups in total. The van der Waals surface area contributed by atoms with Gasteiger partial charge in [-0.2, -0.15) is 4.98 Å². The second-order valence-electron chi connectivity index (χ2n) is 7.80. The summed E-state index contributed by atoms with van der Waals surface area (Å²) in [6.07, 6.45) is 2.07. The molecule has 4 aromatic rings. The van der Waals surface area contributed by atoms with Crippen LogP contribution in [0.3, 0.4) is 0 Å². The third-order valence-electron chi connectivity index (χ3n) is 5.63. The van der Waals surface area contributed by atoms with Crippen LogP contribution in [0.1, 0.15) is 27.5 Å². The molecule has 184 valence electrons. The maximum Gasteiger partial charge on any atom is 0.258 e. The monoisotopic (exact) mass is 523 g/mol. The molecule has 0 radical (unpaired) electrons. The molecule has 0 saturated carbocycles. The number of nitrogens with zero attached hydrogens (tertiary/aromatic N) is 3. The molecule has 5 rings (SSSR count). The van der Waals surface area contributed by atoms with Gasteiger partial charge < -0.3 is 14.8 Å². The summed E-state index contributed by atoms with van der Waals surface area (Å²) in [6.45, 7) is 0. The van der Waals surface area contributed by atoms with E-state index < -0.39 is 0 Å². The molecule has 1 aromatic heterocycles. The van der Waals surface area contributed by atoms with Crippen molar-refractivity contribution in [3.8, 4) is 11.5 Å². The van der Waals surface area contributed by atoms with Crippen LogP contribution < -0.4 is 20.1 Å². The van der Waals surface area contributed by atoms with Crippen molar-refractivity contribution in [2.24, 2.45) is 0 Å². The van der Waals surface area contributed by atoms with Gasteiger partial charge in [0.25, 0.3) is 11.9 Å². The average molecular weight is 524 g/mol. The third-order valence-corrected chi connectivity index (χ3v) is 5.89. The lowest BCUT2D eigenvalue weighted by Crippen LogP contribution is -2.20. The molecular formula is C26H23Cl2N5O3. The molecule has 3 aromatic carbocycles. The van der Waals surface area contributed by atoms with E-state index in [1.54, 1.807) is 30.0 Å². The first-order valence-electron chi connectivity index (χ1n) is 10.9. The Hall–Kier alpha value is -4.01. The molecule has 1 atom stereocenters. The molecule has 0 spiro atoms. The Morgan fingerprint density at radius 3 is 2.42 bits per heavy atom. The minimum atomic E-state index is -0.367. The number of methoxy groups -OCH3 is 2. The fraction of sp³-hybridized carbons (Fsp3) is 0.115. The Morgan fingerprint density at radius 1 is 1.00 bits per heavy atom. The first-order chi connectivity index (χ1) is 17.1. The van der Waals surface area contributed by atoms with E-state index in [1.807, 2.05) is 54.6 Å². The van der Waals surface area contributed by atoms with Crippen LogP contribution in [0, 0.1) is 0 Å². The van der Waals surface area contributed by atoms with Crippen LogP contribution in [-0.4, -0.2) is 34.9 Å². The molecule has 0 saturated heterocycles. The summed E-state index contributed by atoms with van der Waals surface area (Å²) < 4.78 is 12.3. The van der Waals surface area contributed by atoms with Crippen LogP contribution in [-0.2, 0) is 0 Å². The molecule has 10 heteroatoms. The Kier molecular flexibility index (Phi) is 7.47. The predicted octanol–water partition coefficient (Wildman–Crippen LogP) is 5.68. The van der Waals surface area contributed by atoms with E-state index >= 15 is 0 Å². The van der Waals surface area contributed by atoms with Crippen molar-refractivity contribution < 1.29 is 14.3 Å². The van der Waals surface area contributed by atoms with Crippen molar-refractivity contribution in [3.63, 3.8) is 0 Å². The molecule has 8 nitrogen and oxygen atoms in total. The summed E-state index contributed by atoms with van der Waals surface area (Å²) in [5, 5.41) is 11.3. The lowest BCUT2D eigenvalue weighted by molar-refractivity contribution is 0.102. The number of fused-ring (bicyclic) bond motifs is 1. The van der Waals surface area contributed by atoms with E-state index in [1.165, 1.54) is 7.11 Å². The molecule has 1 unspecified atom stereocenters. The first kappa shape index (κ1) is 25.1. The topological polar surface area (TPSA) is 90.3 Å². The van der Waals surface area contributed by atoms with Crippen molar-refractivity contribution in [2.75, 3.05) is 24.9 Å². The number of halogens is 2. The van der Waals surface area contributed by atoms with Crippen molar-refractivity contribution in [2.45, 2.75) is 6.04 Å². The van der Waals surface area contributed by atoms with Crippen LogP contribution in [0.15, 0.2) is 78.9 Å². The summed E-state index contributed by atoms with van der Waals surface area (Å²) >= 11 is 6.11. The van der Waals surface area contributed by atoms with Crippen LogP contribution in [0.25, 0.3) is 5.70 Å². The second kappa shape index (κ2) is 10.7. The van der Waals surface area contributed by atoms with Crippen molar-refractivity contribution in [1.29, 1.82) is 0 Å². The molecular weight excluding hydrogens is 501 g/mol. The smallest absolute Gasteiger partial charge is 0.258 e. The lowest BCUT2D eigenvalue weighted by atomic mass is 10.0. The maximum absolute atomic E-state index is 12.9. The van der Waals surface area contributed by atoms with Gasteiger partial charge in [0, 0.05) is 16.3 Å². The van der Waals surface area contributed by atoms with Gasteiger partial charge in [-0.1, -0.05) is 54.1 Å². The standard InChI is InChI=1S/C26H22ClN5O3.ClH/c1-34-22-13-10-18(14-23(22)35-2)24(33)29-25-30-26-28-20(16-6-4-3-5-7-16)15-21(32(26)31-25)17-8-11-19(27)12-9-17;/h3-15,21H,1-2H3,(H2,28,29,30,31,33);1H. The van der Waals surface area contributed by atoms with Crippen LogP contribution in [0.4, 0.5) is 11.9 Å². The molecule has 2 heterocycles. The molecule has 0 aliphatic carbocycles. The summed E-state index contributed by atoms with van der Waals surface area (Å²) in [5.41, 5.74) is 3.27. The zero-order chi connectivity index (χ0) is 24.4. The number of rotatable bonds is 6. The van der Waals surface area contributed by atoms with Crippen LogP contribution in [0.5, 0.6) is 11.5 Å². The van der Waals surface area contributed by atoms with Crippen LogP contribution >= 0.6 is 24.0 Å². The zero-order valence-corrected chi connectivity index (χ0v) is 21.0. The van der Waals surface area contributed by atoms with E-state index in [2.05, 4.69) is 26.8 Å². The van der Waals surface area contributed by atoms with Gasteiger partial charge in [-0.15, -0.1) is 17.5 Å². The summed E-state index contributed by atoms with van der Waals surface area (Å²) in [4.78, 5) is 17.5. The van der Waals surface area contributed by atoms with Crippen molar-refractivity contribution in [1.82, 2.24) is 14.8 Å². The van der Waals surface area contributed by atoms with E-state index in [0.717, 1.165) is 16.8 Å². The number of nitrogens with one attached hydrogen (secondary N) is 2. The number of carbonyl (C=O) groups is 1. The van der Waals surface area contributed by atoms with Gasteiger partial charge in [0.15, 0.2) is 11.5 Å². The normalized spacial score (nSPS) is 14.0. The van der Waals surface area contributed by atoms with E-state index in [9.17, 15) is 4.79 Å². The van der Waals surface area contributed by atoms with Gasteiger partial charge >= 0.3 is 0 Å². The SMILES string of the molecule is COc1ccc(C(=O)Nc2nc3n(n2)C(c2ccc(Cl)cc2)C=C(c2ccccc2)N3)cc1OC.Cl. The van der Waals surface area contributed by atoms with Crippen molar-refractivity contribution in [3.05, 3.63) is 101 Å². The highest BCUT2D eigenvalue weighted by Crippen LogP contribution is 2.34. The quantitative estimate of drug-likeness (QED) is 0.338. The number of allylic oxidation sites excluding steroid dienone is 1. The molecule has 1 aliphatic rings. The zero-order valence-electron chi connectivity index (χ0n) is 19.4. The van der Waals surface area contributed by atoms with Gasteiger partial charge in [-0.3, -0.25) is 10.1 Å². The molecule has 0 fully saturated rings. The number of aromatic nitrogens is 3. The van der Waals surface area contributed by atoms with Gasteiger partial charge in [0.2, 0.25) is 5.95 Å². The molecule has 0 bridgehead atoms. The first-order valence-corrected chi connectivity index (χ1v) is 11.2.